The molecule has 1 nitrogen and oxygen atoms in total. The first-order chi connectivity index (χ1) is 4.30. The molecule has 1 rings (SSSR count). The third kappa shape index (κ3) is 2.70. The van der Waals surface area contributed by atoms with E-state index in [-0.39, 0.29) is 12.4 Å². The highest BCUT2D eigenvalue weighted by atomic mass is 35.5. The van der Waals surface area contributed by atoms with Gasteiger partial charge in [-0.25, -0.2) is 0 Å². The van der Waals surface area contributed by atoms with E-state index < -0.39 is 0 Å². The molecule has 0 unspecified atom stereocenters. The van der Waals surface area contributed by atoms with Gasteiger partial charge in [0.1, 0.15) is 5.78 Å². The van der Waals surface area contributed by atoms with E-state index in [4.69, 9.17) is 0 Å². The van der Waals surface area contributed by atoms with Gasteiger partial charge in [-0.1, -0.05) is 19.3 Å². The Bertz CT molecular complexity index is 106. The first-order valence-corrected chi connectivity index (χ1v) is 3.81. The van der Waals surface area contributed by atoms with E-state index in [1.165, 1.54) is 19.3 Å². The molecule has 0 aromatic carbocycles. The maximum Gasteiger partial charge on any atom is 0.132 e. The number of carbonyl (C=O) groups is 1. The number of rotatable bonds is 1. The molecule has 0 heterocycles. The van der Waals surface area contributed by atoms with Crippen LogP contribution in [0, 0.1) is 5.92 Å². The lowest BCUT2D eigenvalue weighted by molar-refractivity contribution is -0.121. The minimum absolute atomic E-state index is 0. The largest absolute Gasteiger partial charge is 0.300 e. The number of halogens is 1. The molecule has 60 valence electrons. The topological polar surface area (TPSA) is 17.1 Å². The van der Waals surface area contributed by atoms with Gasteiger partial charge in [-0.3, -0.25) is 4.79 Å². The maximum atomic E-state index is 10.8. The zero-order chi connectivity index (χ0) is 6.69. The van der Waals surface area contributed by atoms with Crippen LogP contribution in [-0.4, -0.2) is 5.78 Å². The van der Waals surface area contributed by atoms with Crippen molar-refractivity contribution in [3.05, 3.63) is 0 Å². The van der Waals surface area contributed by atoms with Gasteiger partial charge >= 0.3 is 0 Å². The molecule has 0 radical (unpaired) electrons. The molecule has 0 aromatic rings. The Labute approximate surface area is 68.6 Å². The van der Waals surface area contributed by atoms with E-state index in [9.17, 15) is 4.79 Å². The van der Waals surface area contributed by atoms with Crippen LogP contribution in [0.4, 0.5) is 0 Å². The first-order valence-electron chi connectivity index (χ1n) is 3.81. The molecule has 1 aliphatic carbocycles. The van der Waals surface area contributed by atoms with Gasteiger partial charge in [-0.15, -0.1) is 12.4 Å². The Hall–Kier alpha value is -0.0400. The van der Waals surface area contributed by atoms with Crippen molar-refractivity contribution in [3.63, 3.8) is 0 Å². The van der Waals surface area contributed by atoms with Gasteiger partial charge in [0.25, 0.3) is 0 Å². The van der Waals surface area contributed by atoms with Crippen LogP contribution >= 0.6 is 12.4 Å². The molecule has 1 fully saturated rings. The summed E-state index contributed by atoms with van der Waals surface area (Å²) in [5, 5.41) is 0. The number of hydrogen-bond donors (Lipinski definition) is 0. The van der Waals surface area contributed by atoms with Crippen LogP contribution in [-0.2, 0) is 4.79 Å². The lowest BCUT2D eigenvalue weighted by Crippen LogP contribution is -2.13. The SMILES string of the molecule is CC(=O)C1CCCCC1.Cl. The Balaban J connectivity index is 0.000000810. The number of ketones is 1. The highest BCUT2D eigenvalue weighted by Gasteiger charge is 2.16. The number of carbonyl (C=O) groups excluding carboxylic acids is 1. The predicted molar refractivity (Wildman–Crippen MR) is 44.5 cm³/mol. The van der Waals surface area contributed by atoms with Gasteiger partial charge in [0, 0.05) is 5.92 Å². The monoisotopic (exact) mass is 162 g/mol. The van der Waals surface area contributed by atoms with Crippen molar-refractivity contribution in [2.45, 2.75) is 39.0 Å². The van der Waals surface area contributed by atoms with Crippen molar-refractivity contribution >= 4 is 18.2 Å². The Morgan fingerprint density at radius 2 is 1.70 bits per heavy atom. The standard InChI is InChI=1S/C8H14O.ClH/c1-7(9)8-5-3-2-4-6-8;/h8H,2-6H2,1H3;1H. The minimum atomic E-state index is 0. The van der Waals surface area contributed by atoms with E-state index in [2.05, 4.69) is 0 Å². The molecule has 0 atom stereocenters. The average Bonchev–Trinajstić information content (AvgIpc) is 1.90. The van der Waals surface area contributed by atoms with Gasteiger partial charge in [0.15, 0.2) is 0 Å². The second-order valence-electron chi connectivity index (χ2n) is 2.95. The fourth-order valence-electron chi connectivity index (χ4n) is 1.51. The quantitative estimate of drug-likeness (QED) is 0.579. The summed E-state index contributed by atoms with van der Waals surface area (Å²) in [6.45, 7) is 1.72. The second kappa shape index (κ2) is 4.73. The summed E-state index contributed by atoms with van der Waals surface area (Å²) in [5.41, 5.74) is 0. The number of hydrogen-bond acceptors (Lipinski definition) is 1. The van der Waals surface area contributed by atoms with Gasteiger partial charge in [-0.2, -0.15) is 0 Å². The van der Waals surface area contributed by atoms with Crippen LogP contribution in [0.3, 0.4) is 0 Å². The maximum absolute atomic E-state index is 10.8. The van der Waals surface area contributed by atoms with E-state index in [1.54, 1.807) is 6.92 Å². The highest BCUT2D eigenvalue weighted by Crippen LogP contribution is 2.23. The molecule has 0 N–H and O–H groups in total. The molecule has 0 bridgehead atoms. The molecule has 0 aromatic heterocycles. The van der Waals surface area contributed by atoms with Crippen LogP contribution in [0.5, 0.6) is 0 Å². The molecule has 10 heavy (non-hydrogen) atoms. The second-order valence-corrected chi connectivity index (χ2v) is 2.95. The minimum Gasteiger partial charge on any atom is -0.300 e. The Kier molecular flexibility index (Phi) is 4.71. The van der Waals surface area contributed by atoms with Crippen LogP contribution in [0.25, 0.3) is 0 Å². The Morgan fingerprint density at radius 1 is 1.20 bits per heavy atom. The summed E-state index contributed by atoms with van der Waals surface area (Å²) in [6, 6.07) is 0. The van der Waals surface area contributed by atoms with E-state index in [1.807, 2.05) is 0 Å². The van der Waals surface area contributed by atoms with Gasteiger partial charge in [0.05, 0.1) is 0 Å². The lowest BCUT2D eigenvalue weighted by Gasteiger charge is -2.17. The summed E-state index contributed by atoms with van der Waals surface area (Å²) in [4.78, 5) is 10.8. The summed E-state index contributed by atoms with van der Waals surface area (Å²) >= 11 is 0. The molecular weight excluding hydrogens is 148 g/mol. The highest BCUT2D eigenvalue weighted by molar-refractivity contribution is 5.85. The smallest absolute Gasteiger partial charge is 0.132 e. The van der Waals surface area contributed by atoms with Crippen LogP contribution in [0.15, 0.2) is 0 Å². The average molecular weight is 163 g/mol. The summed E-state index contributed by atoms with van der Waals surface area (Å²) in [5.74, 6) is 0.813. The molecule has 0 saturated heterocycles. The summed E-state index contributed by atoms with van der Waals surface area (Å²) in [6.07, 6.45) is 6.17. The summed E-state index contributed by atoms with van der Waals surface area (Å²) in [7, 11) is 0. The zero-order valence-corrected chi connectivity index (χ0v) is 7.25. The molecule has 2 heteroatoms. The van der Waals surface area contributed by atoms with Crippen LogP contribution in [0.2, 0.25) is 0 Å². The fraction of sp³-hybridized carbons (Fsp3) is 0.875. The van der Waals surface area contributed by atoms with Crippen LogP contribution in [0.1, 0.15) is 39.0 Å². The van der Waals surface area contributed by atoms with Gasteiger partial charge in [0.2, 0.25) is 0 Å². The van der Waals surface area contributed by atoms with Crippen molar-refractivity contribution in [1.29, 1.82) is 0 Å². The zero-order valence-electron chi connectivity index (χ0n) is 6.43. The molecular formula is C8H15ClO. The normalized spacial score (nSPS) is 19.7. The van der Waals surface area contributed by atoms with E-state index in [0.717, 1.165) is 12.8 Å². The van der Waals surface area contributed by atoms with Crippen molar-refractivity contribution in [2.75, 3.05) is 0 Å². The molecule has 0 amide bonds. The Morgan fingerprint density at radius 3 is 2.00 bits per heavy atom. The van der Waals surface area contributed by atoms with Crippen molar-refractivity contribution < 1.29 is 4.79 Å². The third-order valence-corrected chi connectivity index (χ3v) is 2.18. The molecule has 0 aliphatic heterocycles. The third-order valence-electron chi connectivity index (χ3n) is 2.18. The van der Waals surface area contributed by atoms with Crippen molar-refractivity contribution in [1.82, 2.24) is 0 Å². The van der Waals surface area contributed by atoms with Crippen molar-refractivity contribution in [3.8, 4) is 0 Å². The lowest BCUT2D eigenvalue weighted by atomic mass is 9.87. The van der Waals surface area contributed by atoms with Crippen molar-refractivity contribution in [2.24, 2.45) is 5.92 Å². The fourth-order valence-corrected chi connectivity index (χ4v) is 1.51. The first kappa shape index (κ1) is 9.96. The predicted octanol–water partition coefficient (Wildman–Crippen LogP) is 2.58. The number of Topliss-reactive ketones (excluding diaryl/α,β-unsaturated/α-hetero) is 1. The summed E-state index contributed by atoms with van der Waals surface area (Å²) < 4.78 is 0. The molecule has 1 saturated carbocycles. The van der Waals surface area contributed by atoms with E-state index in [0.29, 0.717) is 11.7 Å². The van der Waals surface area contributed by atoms with Crippen LogP contribution < -0.4 is 0 Å². The van der Waals surface area contributed by atoms with Gasteiger partial charge in [-0.05, 0) is 19.8 Å². The molecule has 0 spiro atoms. The van der Waals surface area contributed by atoms with Gasteiger partial charge < -0.3 is 0 Å². The molecule has 1 aliphatic rings. The van der Waals surface area contributed by atoms with E-state index >= 15 is 0 Å².